The Morgan fingerprint density at radius 2 is 0.481 bits per heavy atom. The molecule has 0 aliphatic carbocycles. The second kappa shape index (κ2) is 26.9. The molecule has 0 aliphatic heterocycles. The van der Waals surface area contributed by atoms with Crippen molar-refractivity contribution in [1.29, 1.82) is 0 Å². The van der Waals surface area contributed by atoms with Crippen LogP contribution in [0, 0.1) is 0 Å². The third kappa shape index (κ3) is 12.1. The van der Waals surface area contributed by atoms with Crippen LogP contribution >= 0.6 is 0 Å². The molecule has 0 radical (unpaired) electrons. The van der Waals surface area contributed by atoms with Crippen molar-refractivity contribution in [1.82, 2.24) is 39.9 Å². The average Bonchev–Trinajstić information content (AvgIpc) is 0.787. The first-order chi connectivity index (χ1) is 53.4. The molecule has 0 amide bonds. The van der Waals surface area contributed by atoms with Gasteiger partial charge >= 0.3 is 0 Å². The molecule has 8 nitrogen and oxygen atoms in total. The van der Waals surface area contributed by atoms with Crippen LogP contribution in [-0.2, 0) is 0 Å². The maximum atomic E-state index is 5.18. The van der Waals surface area contributed by atoms with Crippen molar-refractivity contribution in [3.8, 4) is 112 Å². The predicted octanol–water partition coefficient (Wildman–Crippen LogP) is 25.6. The van der Waals surface area contributed by atoms with Gasteiger partial charge in [-0.05, 0) is 158 Å². The monoisotopic (exact) mass is 1370 g/mol. The van der Waals surface area contributed by atoms with Crippen molar-refractivity contribution in [3.63, 3.8) is 0 Å². The summed E-state index contributed by atoms with van der Waals surface area (Å²) in [7, 11) is 0. The van der Waals surface area contributed by atoms with Crippen LogP contribution in [-0.4, -0.2) is 39.9 Å². The maximum Gasteiger partial charge on any atom is 0.0972 e. The van der Waals surface area contributed by atoms with E-state index in [0.717, 1.165) is 177 Å². The largest absolute Gasteiger partial charge is 0.254 e. The lowest BCUT2D eigenvalue weighted by Gasteiger charge is -2.12. The van der Waals surface area contributed by atoms with Gasteiger partial charge in [0.1, 0.15) is 0 Å². The first kappa shape index (κ1) is 63.1. The third-order valence-electron chi connectivity index (χ3n) is 20.8. The predicted molar refractivity (Wildman–Crippen MR) is 447 cm³/mol. The summed E-state index contributed by atoms with van der Waals surface area (Å²) >= 11 is 0. The Morgan fingerprint density at radius 1 is 0.148 bits per heavy atom. The highest BCUT2D eigenvalue weighted by Gasteiger charge is 2.16. The molecular formula is C100H62N8. The van der Waals surface area contributed by atoms with Crippen molar-refractivity contribution >= 4 is 98.0 Å². The Balaban J connectivity index is 0.000000144. The smallest absolute Gasteiger partial charge is 0.0972 e. The van der Waals surface area contributed by atoms with Crippen LogP contribution < -0.4 is 0 Å². The molecule has 0 atom stereocenters. The molecule has 502 valence electrons. The van der Waals surface area contributed by atoms with E-state index in [1.165, 1.54) is 33.0 Å². The van der Waals surface area contributed by atoms with Crippen molar-refractivity contribution in [2.24, 2.45) is 0 Å². The average molecular weight is 1380 g/mol. The van der Waals surface area contributed by atoms with Gasteiger partial charge in [-0.3, -0.25) is 9.97 Å². The van der Waals surface area contributed by atoms with Gasteiger partial charge in [0.15, 0.2) is 0 Å². The second-order valence-electron chi connectivity index (χ2n) is 27.4. The molecule has 0 unspecified atom stereocenters. The molecule has 0 spiro atoms. The van der Waals surface area contributed by atoms with E-state index in [0.29, 0.717) is 0 Å². The fraction of sp³-hybridized carbons (Fsp3) is 0. The van der Waals surface area contributed by atoms with Gasteiger partial charge in [0.05, 0.1) is 78.3 Å². The SMILES string of the molecule is c1ccc(-c2cc(-c3ccccc3)cc(-c3ccc4cc(-c5ccc6ccc(-c7ccc(-c8ccc9ccc%10cccnc%10c9n8)cc7)nc6c5)ccc4n3)c2)cc1.c1ccc2c(-c3ccc4cc(-c5ccc6ccc(-c7ccc(-c8ccc9ccc%10cccnc%10c9n8)cc7)nc6c5)ccc4n3)cccc2c1. The Morgan fingerprint density at radius 3 is 0.981 bits per heavy atom. The number of aromatic nitrogens is 8. The quantitative estimate of drug-likeness (QED) is 0.125. The van der Waals surface area contributed by atoms with Crippen LogP contribution in [0.25, 0.3) is 210 Å². The third-order valence-corrected chi connectivity index (χ3v) is 20.8. The Bertz CT molecular complexity index is 7040. The minimum absolute atomic E-state index is 0.918. The lowest BCUT2D eigenvalue weighted by Crippen LogP contribution is -1.90. The molecule has 0 N–H and O–H groups in total. The summed E-state index contributed by atoms with van der Waals surface area (Å²) in [6.45, 7) is 0. The maximum absolute atomic E-state index is 5.18. The van der Waals surface area contributed by atoms with Crippen LogP contribution in [0.5, 0.6) is 0 Å². The van der Waals surface area contributed by atoms with Gasteiger partial charge in [0.2, 0.25) is 0 Å². The van der Waals surface area contributed by atoms with E-state index >= 15 is 0 Å². The summed E-state index contributed by atoms with van der Waals surface area (Å²) in [6, 6.07) is 128. The molecule has 8 heterocycles. The molecule has 0 fully saturated rings. The van der Waals surface area contributed by atoms with Crippen molar-refractivity contribution in [3.05, 3.63) is 376 Å². The molecule has 8 aromatic heterocycles. The number of hydrogen-bond acceptors (Lipinski definition) is 8. The molecule has 8 heteroatoms. The Kier molecular flexibility index (Phi) is 15.7. The van der Waals surface area contributed by atoms with Gasteiger partial charge < -0.3 is 0 Å². The Hall–Kier alpha value is -14.6. The van der Waals surface area contributed by atoms with E-state index < -0.39 is 0 Å². The van der Waals surface area contributed by atoms with Crippen LogP contribution in [0.15, 0.2) is 376 Å². The van der Waals surface area contributed by atoms with Crippen molar-refractivity contribution < 1.29 is 0 Å². The zero-order valence-corrected chi connectivity index (χ0v) is 58.4. The molecular weight excluding hydrogens is 1310 g/mol. The molecule has 0 saturated heterocycles. The molecule has 0 aliphatic rings. The van der Waals surface area contributed by atoms with Gasteiger partial charge in [0, 0.05) is 88.9 Å². The van der Waals surface area contributed by atoms with Crippen LogP contribution in [0.4, 0.5) is 0 Å². The Labute approximate surface area is 622 Å². The van der Waals surface area contributed by atoms with E-state index in [4.69, 9.17) is 29.9 Å². The number of nitrogens with zero attached hydrogens (tertiary/aromatic N) is 8. The summed E-state index contributed by atoms with van der Waals surface area (Å²) < 4.78 is 0. The van der Waals surface area contributed by atoms with E-state index in [2.05, 4.69) is 362 Å². The van der Waals surface area contributed by atoms with Gasteiger partial charge in [-0.15, -0.1) is 0 Å². The minimum Gasteiger partial charge on any atom is -0.254 e. The van der Waals surface area contributed by atoms with E-state index in [1.807, 2.05) is 24.5 Å². The highest BCUT2D eigenvalue weighted by molar-refractivity contribution is 6.05. The lowest BCUT2D eigenvalue weighted by molar-refractivity contribution is 1.36. The summed E-state index contributed by atoms with van der Waals surface area (Å²) in [5, 5.41) is 11.2. The highest BCUT2D eigenvalue weighted by atomic mass is 14.8. The van der Waals surface area contributed by atoms with Crippen LogP contribution in [0.1, 0.15) is 0 Å². The number of fused-ring (bicyclic) bond motifs is 11. The van der Waals surface area contributed by atoms with Gasteiger partial charge in [-0.1, -0.05) is 261 Å². The van der Waals surface area contributed by atoms with Gasteiger partial charge in [-0.25, -0.2) is 29.9 Å². The molecule has 21 aromatic rings. The fourth-order valence-electron chi connectivity index (χ4n) is 15.0. The van der Waals surface area contributed by atoms with Gasteiger partial charge in [0.25, 0.3) is 0 Å². The topological polar surface area (TPSA) is 103 Å². The van der Waals surface area contributed by atoms with Crippen molar-refractivity contribution in [2.45, 2.75) is 0 Å². The minimum atomic E-state index is 0.918. The summed E-state index contributed by atoms with van der Waals surface area (Å²) in [5.41, 5.74) is 28.9. The first-order valence-corrected chi connectivity index (χ1v) is 36.3. The van der Waals surface area contributed by atoms with E-state index in [9.17, 15) is 0 Å². The van der Waals surface area contributed by atoms with Crippen molar-refractivity contribution in [2.75, 3.05) is 0 Å². The summed E-state index contributed by atoms with van der Waals surface area (Å²) in [6.07, 6.45) is 3.65. The molecule has 21 rings (SSSR count). The summed E-state index contributed by atoms with van der Waals surface area (Å²) in [4.78, 5) is 39.8. The normalized spacial score (nSPS) is 11.5. The molecule has 13 aromatic carbocycles. The zero-order valence-electron chi connectivity index (χ0n) is 58.4. The standard InChI is InChI=1S/C54H34N4.C46H28N4/c1-3-8-35(9-4-1)45-31-46(36-10-5-2-6-11-36)33-47(32-45)51-28-24-44-30-42(23-27-50(44)56-51)43-20-17-39-21-25-48(57-52(39)34-43)37-13-15-38(16-14-37)49-26-22-41-19-18-40-12-7-29-55-53(40)54(41)58-49;1-2-8-38-29(5-1)6-3-9-39(38)43-25-21-37-27-35(20-24-42(37)48-43)36-17-14-32-18-22-40(49-44(32)28-36)30-10-12-31(13-11-30)41-23-19-34-16-15-33-7-4-26-47-45(33)46(34)50-41/h1-34H;1-28H. The molecule has 0 bridgehead atoms. The van der Waals surface area contributed by atoms with E-state index in [-0.39, 0.29) is 0 Å². The van der Waals surface area contributed by atoms with Crippen LogP contribution in [0.2, 0.25) is 0 Å². The molecule has 108 heavy (non-hydrogen) atoms. The number of hydrogen-bond donors (Lipinski definition) is 0. The summed E-state index contributed by atoms with van der Waals surface area (Å²) in [5.74, 6) is 0. The first-order valence-electron chi connectivity index (χ1n) is 36.3. The number of benzene rings is 13. The lowest BCUT2D eigenvalue weighted by atomic mass is 9.94. The fourth-order valence-corrected chi connectivity index (χ4v) is 15.0. The number of pyridine rings is 8. The zero-order chi connectivity index (χ0) is 71.4. The number of rotatable bonds is 10. The van der Waals surface area contributed by atoms with Crippen LogP contribution in [0.3, 0.4) is 0 Å². The highest BCUT2D eigenvalue weighted by Crippen LogP contribution is 2.38. The van der Waals surface area contributed by atoms with E-state index in [1.54, 1.807) is 0 Å². The second-order valence-corrected chi connectivity index (χ2v) is 27.4. The van der Waals surface area contributed by atoms with Gasteiger partial charge in [-0.2, -0.15) is 0 Å². The molecule has 0 saturated carbocycles.